The van der Waals surface area contributed by atoms with Gasteiger partial charge in [-0.15, -0.1) is 0 Å². The molecular formula is C17H22FN3. The van der Waals surface area contributed by atoms with E-state index >= 15 is 0 Å². The summed E-state index contributed by atoms with van der Waals surface area (Å²) in [6, 6.07) is 5.24. The number of halogens is 1. The Morgan fingerprint density at radius 2 is 2.14 bits per heavy atom. The normalized spacial score (nSPS) is 15.8. The van der Waals surface area contributed by atoms with Crippen LogP contribution >= 0.6 is 0 Å². The van der Waals surface area contributed by atoms with E-state index in [0.29, 0.717) is 12.0 Å². The lowest BCUT2D eigenvalue weighted by Crippen LogP contribution is -2.23. The Bertz CT molecular complexity index is 633. The van der Waals surface area contributed by atoms with Crippen LogP contribution in [0.15, 0.2) is 24.5 Å². The average Bonchev–Trinajstić information content (AvgIpc) is 2.93. The van der Waals surface area contributed by atoms with Crippen LogP contribution in [-0.2, 0) is 19.3 Å². The number of imidazole rings is 1. The number of nitrogens with two attached hydrogens (primary N) is 1. The van der Waals surface area contributed by atoms with Crippen LogP contribution in [0, 0.1) is 5.82 Å². The number of nitrogens with zero attached hydrogens (tertiary/aromatic N) is 2. The highest BCUT2D eigenvalue weighted by Crippen LogP contribution is 2.26. The monoisotopic (exact) mass is 287 g/mol. The molecule has 0 saturated heterocycles. The fourth-order valence-corrected chi connectivity index (χ4v) is 3.06. The van der Waals surface area contributed by atoms with Gasteiger partial charge in [0.1, 0.15) is 5.82 Å². The van der Waals surface area contributed by atoms with E-state index in [0.717, 1.165) is 30.6 Å². The van der Waals surface area contributed by atoms with E-state index in [2.05, 4.69) is 9.55 Å². The van der Waals surface area contributed by atoms with E-state index in [9.17, 15) is 4.39 Å². The van der Waals surface area contributed by atoms with E-state index in [1.807, 2.05) is 19.3 Å². The molecule has 1 heterocycles. The smallest absolute Gasteiger partial charge is 0.128 e. The van der Waals surface area contributed by atoms with Crippen LogP contribution < -0.4 is 5.73 Å². The van der Waals surface area contributed by atoms with E-state index < -0.39 is 0 Å². The van der Waals surface area contributed by atoms with Gasteiger partial charge < -0.3 is 10.3 Å². The minimum atomic E-state index is -0.172. The van der Waals surface area contributed by atoms with Gasteiger partial charge in [-0.25, -0.2) is 9.37 Å². The summed E-state index contributed by atoms with van der Waals surface area (Å²) in [4.78, 5) is 4.51. The summed E-state index contributed by atoms with van der Waals surface area (Å²) in [5, 5.41) is 0. The van der Waals surface area contributed by atoms with Crippen LogP contribution in [0.1, 0.15) is 43.1 Å². The molecule has 3 rings (SSSR count). The molecule has 0 amide bonds. The van der Waals surface area contributed by atoms with Gasteiger partial charge in [0.05, 0.1) is 17.7 Å². The molecule has 21 heavy (non-hydrogen) atoms. The van der Waals surface area contributed by atoms with Gasteiger partial charge in [0.15, 0.2) is 0 Å². The second-order valence-electron chi connectivity index (χ2n) is 5.83. The van der Waals surface area contributed by atoms with Gasteiger partial charge >= 0.3 is 0 Å². The number of aryl methyl sites for hydroxylation is 1. The molecule has 1 atom stereocenters. The summed E-state index contributed by atoms with van der Waals surface area (Å²) in [6.07, 6.45) is 7.66. The van der Waals surface area contributed by atoms with Crippen LogP contribution in [0.4, 0.5) is 4.39 Å². The van der Waals surface area contributed by atoms with Gasteiger partial charge in [-0.05, 0) is 50.7 Å². The Balaban J connectivity index is 2.06. The lowest BCUT2D eigenvalue weighted by Gasteiger charge is -2.18. The second-order valence-corrected chi connectivity index (χ2v) is 5.83. The van der Waals surface area contributed by atoms with Crippen molar-refractivity contribution in [2.45, 2.75) is 51.5 Å². The van der Waals surface area contributed by atoms with Crippen molar-refractivity contribution in [2.75, 3.05) is 0 Å². The molecule has 0 bridgehead atoms. The van der Waals surface area contributed by atoms with Crippen molar-refractivity contribution >= 4 is 0 Å². The molecular weight excluding hydrogens is 265 g/mol. The molecule has 1 aliphatic carbocycles. The van der Waals surface area contributed by atoms with Crippen LogP contribution in [0.5, 0.6) is 0 Å². The topological polar surface area (TPSA) is 43.8 Å². The lowest BCUT2D eigenvalue weighted by molar-refractivity contribution is 0.575. The Hall–Kier alpha value is -1.68. The van der Waals surface area contributed by atoms with Crippen molar-refractivity contribution in [1.29, 1.82) is 0 Å². The van der Waals surface area contributed by atoms with Gasteiger partial charge in [0.25, 0.3) is 0 Å². The van der Waals surface area contributed by atoms with Crippen LogP contribution in [-0.4, -0.2) is 15.6 Å². The molecule has 1 aromatic carbocycles. The molecule has 2 aromatic rings. The minimum absolute atomic E-state index is 0.0139. The Kier molecular flexibility index (Phi) is 4.06. The van der Waals surface area contributed by atoms with Gasteiger partial charge in [-0.3, -0.25) is 0 Å². The Morgan fingerprint density at radius 1 is 1.33 bits per heavy atom. The van der Waals surface area contributed by atoms with Gasteiger partial charge in [0, 0.05) is 17.3 Å². The molecule has 4 heteroatoms. The van der Waals surface area contributed by atoms with Crippen molar-refractivity contribution in [3.63, 3.8) is 0 Å². The van der Waals surface area contributed by atoms with Crippen molar-refractivity contribution < 1.29 is 4.39 Å². The highest BCUT2D eigenvalue weighted by Gasteiger charge is 2.19. The van der Waals surface area contributed by atoms with E-state index in [1.54, 1.807) is 6.07 Å². The molecule has 0 fully saturated rings. The molecule has 1 aromatic heterocycles. The zero-order chi connectivity index (χ0) is 14.8. The van der Waals surface area contributed by atoms with Crippen LogP contribution in [0.2, 0.25) is 0 Å². The third kappa shape index (κ3) is 2.72. The highest BCUT2D eigenvalue weighted by atomic mass is 19.1. The summed E-state index contributed by atoms with van der Waals surface area (Å²) in [6.45, 7) is 2.03. The zero-order valence-electron chi connectivity index (χ0n) is 12.5. The van der Waals surface area contributed by atoms with Crippen molar-refractivity contribution in [2.24, 2.45) is 5.73 Å². The van der Waals surface area contributed by atoms with Crippen molar-refractivity contribution in [3.8, 4) is 5.69 Å². The maximum absolute atomic E-state index is 14.3. The molecule has 0 aliphatic heterocycles. The first-order valence-corrected chi connectivity index (χ1v) is 7.79. The van der Waals surface area contributed by atoms with Crippen molar-refractivity contribution in [1.82, 2.24) is 9.55 Å². The second kappa shape index (κ2) is 5.98. The Labute approximate surface area is 125 Å². The summed E-state index contributed by atoms with van der Waals surface area (Å²) in [5.74, 6) is -0.172. The van der Waals surface area contributed by atoms with Crippen molar-refractivity contribution in [3.05, 3.63) is 47.3 Å². The molecule has 0 saturated carbocycles. The highest BCUT2D eigenvalue weighted by molar-refractivity contribution is 5.45. The fraction of sp³-hybridized carbons (Fsp3) is 0.471. The lowest BCUT2D eigenvalue weighted by atomic mass is 9.99. The third-order valence-corrected chi connectivity index (χ3v) is 4.37. The summed E-state index contributed by atoms with van der Waals surface area (Å²) >= 11 is 0. The largest absolute Gasteiger partial charge is 0.327 e. The summed E-state index contributed by atoms with van der Waals surface area (Å²) < 4.78 is 16.3. The van der Waals surface area contributed by atoms with Crippen LogP contribution in [0.3, 0.4) is 0 Å². The fourth-order valence-electron chi connectivity index (χ4n) is 3.06. The number of benzene rings is 1. The molecule has 1 aliphatic rings. The van der Waals surface area contributed by atoms with Gasteiger partial charge in [-0.1, -0.05) is 13.0 Å². The molecule has 0 spiro atoms. The number of aromatic nitrogens is 2. The first-order valence-electron chi connectivity index (χ1n) is 7.79. The molecule has 112 valence electrons. The maximum atomic E-state index is 14.3. The third-order valence-electron chi connectivity index (χ3n) is 4.37. The van der Waals surface area contributed by atoms with E-state index in [1.165, 1.54) is 24.6 Å². The van der Waals surface area contributed by atoms with Gasteiger partial charge in [-0.2, -0.15) is 0 Å². The molecule has 2 N–H and O–H groups in total. The molecule has 3 nitrogen and oxygen atoms in total. The number of rotatable bonds is 4. The summed E-state index contributed by atoms with van der Waals surface area (Å²) in [7, 11) is 0. The number of hydrogen-bond acceptors (Lipinski definition) is 2. The SMILES string of the molecule is CCC(N)Cc1c(F)cccc1-n1cnc2c1CCCC2. The predicted molar refractivity (Wildman–Crippen MR) is 82.1 cm³/mol. The first kappa shape index (κ1) is 14.3. The molecule has 0 radical (unpaired) electrons. The standard InChI is InChI=1S/C17H22FN3/c1-2-12(19)10-13-14(18)6-5-9-16(13)21-11-20-15-7-3-4-8-17(15)21/h5-6,9,11-12H,2-4,7-8,10,19H2,1H3. The van der Waals surface area contributed by atoms with Gasteiger partial charge in [0.2, 0.25) is 0 Å². The first-order chi connectivity index (χ1) is 10.2. The predicted octanol–water partition coefficient (Wildman–Crippen LogP) is 3.17. The minimum Gasteiger partial charge on any atom is -0.327 e. The number of fused-ring (bicyclic) bond motifs is 1. The quantitative estimate of drug-likeness (QED) is 0.938. The summed E-state index contributed by atoms with van der Waals surface area (Å²) in [5.41, 5.74) is 10.0. The van der Waals surface area contributed by atoms with Crippen LogP contribution in [0.25, 0.3) is 5.69 Å². The zero-order valence-corrected chi connectivity index (χ0v) is 12.5. The maximum Gasteiger partial charge on any atom is 0.128 e. The van der Waals surface area contributed by atoms with E-state index in [-0.39, 0.29) is 11.9 Å². The molecule has 1 unspecified atom stereocenters. The Morgan fingerprint density at radius 3 is 2.95 bits per heavy atom. The van der Waals surface area contributed by atoms with E-state index in [4.69, 9.17) is 5.73 Å². The average molecular weight is 287 g/mol. The number of hydrogen-bond donors (Lipinski definition) is 1.